The van der Waals surface area contributed by atoms with E-state index in [-0.39, 0.29) is 31.4 Å². The summed E-state index contributed by atoms with van der Waals surface area (Å²) >= 11 is 0. The predicted molar refractivity (Wildman–Crippen MR) is 194 cm³/mol. The molecule has 270 valence electrons. The third-order valence-electron chi connectivity index (χ3n) is 8.57. The molecule has 0 radical (unpaired) electrons. The van der Waals surface area contributed by atoms with Gasteiger partial charge in [-0.15, -0.1) is 0 Å². The zero-order valence-corrected chi connectivity index (χ0v) is 30.0. The molecule has 4 rings (SSSR count). The number of rotatable bonds is 16. The Balaban J connectivity index is 1.47. The molecule has 12 nitrogen and oxygen atoms in total. The van der Waals surface area contributed by atoms with Crippen molar-refractivity contribution in [1.82, 2.24) is 35.8 Å². The van der Waals surface area contributed by atoms with E-state index in [1.54, 1.807) is 37.8 Å². The number of carbonyl (C=O) groups is 3. The number of nitrogens with zero attached hydrogens (tertiary/aromatic N) is 4. The standard InChI is InChI=1S/C39H49N7O5/c1-26(2)36(45-38(49)46(5)24-33-23-41-27(3)28(4)42-33)37(48)43-32(19-29-13-8-6-9-14-29)21-35(47)34(20-30-15-10-7-11-16-30)44-39(50)51-25-31-17-12-18-40-22-31/h6-18,22-23,26,32,34-36,47H,19-21,24-25H2,1-5H3,(H,43,48)(H,44,50)(H,45,49)/t32-,34-,35-,36?/m0/s1. The van der Waals surface area contributed by atoms with Gasteiger partial charge in [0, 0.05) is 31.0 Å². The van der Waals surface area contributed by atoms with Gasteiger partial charge in [-0.25, -0.2) is 9.59 Å². The first kappa shape index (κ1) is 38.4. The zero-order valence-electron chi connectivity index (χ0n) is 30.0. The van der Waals surface area contributed by atoms with Crippen LogP contribution in [0, 0.1) is 19.8 Å². The Kier molecular flexibility index (Phi) is 14.4. The highest BCUT2D eigenvalue weighted by atomic mass is 16.5. The molecule has 12 heteroatoms. The summed E-state index contributed by atoms with van der Waals surface area (Å²) in [6, 6.07) is 20.2. The van der Waals surface area contributed by atoms with E-state index in [1.807, 2.05) is 88.4 Å². The lowest BCUT2D eigenvalue weighted by molar-refractivity contribution is -0.124. The summed E-state index contributed by atoms with van der Waals surface area (Å²) in [6.45, 7) is 7.70. The van der Waals surface area contributed by atoms with Gasteiger partial charge in [-0.1, -0.05) is 80.6 Å². The van der Waals surface area contributed by atoms with Gasteiger partial charge in [0.1, 0.15) is 12.6 Å². The monoisotopic (exact) mass is 695 g/mol. The number of ether oxygens (including phenoxy) is 1. The minimum absolute atomic E-state index is 0.0239. The Hall–Kier alpha value is -5.36. The SMILES string of the molecule is Cc1ncc(CN(C)C(=O)NC(C(=O)N[C@@H](Cc2ccccc2)C[C@H](O)[C@H](Cc2ccccc2)NC(=O)OCc2cccnc2)C(C)C)nc1C. The first-order chi connectivity index (χ1) is 24.5. The predicted octanol–water partition coefficient (Wildman–Crippen LogP) is 4.67. The molecule has 2 aromatic heterocycles. The van der Waals surface area contributed by atoms with Crippen molar-refractivity contribution in [1.29, 1.82) is 0 Å². The van der Waals surface area contributed by atoms with Crippen molar-refractivity contribution < 1.29 is 24.2 Å². The van der Waals surface area contributed by atoms with Crippen LogP contribution in [0.2, 0.25) is 0 Å². The summed E-state index contributed by atoms with van der Waals surface area (Å²) in [5.74, 6) is -0.623. The molecule has 0 saturated heterocycles. The number of pyridine rings is 1. The molecule has 51 heavy (non-hydrogen) atoms. The van der Waals surface area contributed by atoms with Crippen LogP contribution in [0.1, 0.15) is 54.0 Å². The van der Waals surface area contributed by atoms with Gasteiger partial charge in [0.2, 0.25) is 5.91 Å². The Morgan fingerprint density at radius 3 is 2.08 bits per heavy atom. The van der Waals surface area contributed by atoms with E-state index in [0.29, 0.717) is 18.5 Å². The van der Waals surface area contributed by atoms with Crippen molar-refractivity contribution in [3.8, 4) is 0 Å². The fraction of sp³-hybridized carbons (Fsp3) is 0.385. The molecule has 4 N–H and O–H groups in total. The lowest BCUT2D eigenvalue weighted by atomic mass is 9.93. The Morgan fingerprint density at radius 1 is 0.824 bits per heavy atom. The lowest BCUT2D eigenvalue weighted by Gasteiger charge is -2.30. The zero-order chi connectivity index (χ0) is 36.8. The van der Waals surface area contributed by atoms with Gasteiger partial charge in [0.05, 0.1) is 42.0 Å². The van der Waals surface area contributed by atoms with Crippen molar-refractivity contribution >= 4 is 18.0 Å². The first-order valence-corrected chi connectivity index (χ1v) is 17.2. The van der Waals surface area contributed by atoms with Crippen molar-refractivity contribution in [2.24, 2.45) is 5.92 Å². The summed E-state index contributed by atoms with van der Waals surface area (Å²) in [4.78, 5) is 54.5. The maximum Gasteiger partial charge on any atom is 0.407 e. The van der Waals surface area contributed by atoms with Gasteiger partial charge in [-0.2, -0.15) is 0 Å². The number of amides is 4. The van der Waals surface area contributed by atoms with Gasteiger partial charge < -0.3 is 30.7 Å². The molecule has 0 bridgehead atoms. The third-order valence-corrected chi connectivity index (χ3v) is 8.57. The largest absolute Gasteiger partial charge is 0.445 e. The number of hydrogen-bond acceptors (Lipinski definition) is 8. The van der Waals surface area contributed by atoms with Crippen molar-refractivity contribution in [2.45, 2.75) is 84.3 Å². The fourth-order valence-electron chi connectivity index (χ4n) is 5.57. The minimum Gasteiger partial charge on any atom is -0.445 e. The molecule has 2 heterocycles. The number of aromatic nitrogens is 3. The first-order valence-electron chi connectivity index (χ1n) is 17.2. The van der Waals surface area contributed by atoms with E-state index < -0.39 is 36.4 Å². The number of benzene rings is 2. The molecule has 4 amide bonds. The Labute approximate surface area is 300 Å². The second-order valence-corrected chi connectivity index (χ2v) is 13.1. The van der Waals surface area contributed by atoms with Crippen molar-refractivity contribution in [3.05, 3.63) is 125 Å². The molecule has 2 aromatic carbocycles. The second-order valence-electron chi connectivity index (χ2n) is 13.1. The van der Waals surface area contributed by atoms with Crippen molar-refractivity contribution in [2.75, 3.05) is 7.05 Å². The van der Waals surface area contributed by atoms with Gasteiger partial charge >= 0.3 is 12.1 Å². The van der Waals surface area contributed by atoms with Crippen LogP contribution in [0.4, 0.5) is 9.59 Å². The molecule has 1 unspecified atom stereocenters. The van der Waals surface area contributed by atoms with Gasteiger partial charge in [-0.3, -0.25) is 19.7 Å². The molecule has 4 atom stereocenters. The number of aliphatic hydroxyl groups excluding tert-OH is 1. The topological polar surface area (TPSA) is 159 Å². The smallest absolute Gasteiger partial charge is 0.407 e. The van der Waals surface area contributed by atoms with Crippen LogP contribution in [0.25, 0.3) is 0 Å². The highest BCUT2D eigenvalue weighted by molar-refractivity contribution is 5.87. The summed E-state index contributed by atoms with van der Waals surface area (Å²) in [5, 5.41) is 20.5. The highest BCUT2D eigenvalue weighted by Gasteiger charge is 2.31. The number of aliphatic hydroxyl groups is 1. The summed E-state index contributed by atoms with van der Waals surface area (Å²) in [7, 11) is 1.64. The van der Waals surface area contributed by atoms with Gasteiger partial charge in [0.25, 0.3) is 0 Å². The molecule has 0 aliphatic carbocycles. The molecule has 0 spiro atoms. The summed E-state index contributed by atoms with van der Waals surface area (Å²) in [6.07, 6.45) is 4.01. The van der Waals surface area contributed by atoms with Crippen LogP contribution in [0.5, 0.6) is 0 Å². The van der Waals surface area contributed by atoms with Crippen molar-refractivity contribution in [3.63, 3.8) is 0 Å². The van der Waals surface area contributed by atoms with Crippen LogP contribution in [-0.4, -0.2) is 74.3 Å². The summed E-state index contributed by atoms with van der Waals surface area (Å²) < 4.78 is 5.45. The van der Waals surface area contributed by atoms with Crippen LogP contribution >= 0.6 is 0 Å². The third kappa shape index (κ3) is 12.5. The molecule has 0 aliphatic heterocycles. The molecule has 0 saturated carbocycles. The maximum absolute atomic E-state index is 13.9. The quantitative estimate of drug-likeness (QED) is 0.132. The Bertz CT molecular complexity index is 1690. The number of carbonyl (C=O) groups excluding carboxylic acids is 3. The molecular formula is C39H49N7O5. The van der Waals surface area contributed by atoms with Crippen LogP contribution in [0.3, 0.4) is 0 Å². The van der Waals surface area contributed by atoms with E-state index in [4.69, 9.17) is 4.74 Å². The van der Waals surface area contributed by atoms with Crippen LogP contribution in [-0.2, 0) is 35.5 Å². The molecule has 0 aliphatic rings. The fourth-order valence-corrected chi connectivity index (χ4v) is 5.57. The van der Waals surface area contributed by atoms with E-state index >= 15 is 0 Å². The molecular weight excluding hydrogens is 646 g/mol. The average Bonchev–Trinajstić information content (AvgIpc) is 3.12. The number of nitrogens with one attached hydrogen (secondary N) is 3. The van der Waals surface area contributed by atoms with Crippen LogP contribution < -0.4 is 16.0 Å². The van der Waals surface area contributed by atoms with E-state index in [2.05, 4.69) is 30.9 Å². The number of aryl methyl sites for hydroxylation is 2. The van der Waals surface area contributed by atoms with E-state index in [0.717, 1.165) is 28.1 Å². The number of alkyl carbamates (subject to hydrolysis) is 1. The van der Waals surface area contributed by atoms with E-state index in [9.17, 15) is 19.5 Å². The van der Waals surface area contributed by atoms with E-state index in [1.165, 1.54) is 4.90 Å². The number of hydrogen-bond donors (Lipinski definition) is 4. The molecule has 0 fully saturated rings. The van der Waals surface area contributed by atoms with Gasteiger partial charge in [0.15, 0.2) is 0 Å². The minimum atomic E-state index is -1.07. The number of urea groups is 1. The highest BCUT2D eigenvalue weighted by Crippen LogP contribution is 2.16. The maximum atomic E-state index is 13.9. The summed E-state index contributed by atoms with van der Waals surface area (Å²) in [5.41, 5.74) is 4.85. The van der Waals surface area contributed by atoms with Crippen LogP contribution in [0.15, 0.2) is 91.4 Å². The second kappa shape index (κ2) is 19.1. The van der Waals surface area contributed by atoms with Gasteiger partial charge in [-0.05, 0) is 56.2 Å². The lowest BCUT2D eigenvalue weighted by Crippen LogP contribution is -2.55. The Morgan fingerprint density at radius 2 is 1.47 bits per heavy atom. The average molecular weight is 696 g/mol. The normalized spacial score (nSPS) is 13.4. The molecule has 4 aromatic rings.